The second-order valence-electron chi connectivity index (χ2n) is 4.46. The van der Waals surface area contributed by atoms with Crippen molar-refractivity contribution >= 4 is 34.7 Å². The first-order valence-corrected chi connectivity index (χ1v) is 6.91. The lowest BCUT2D eigenvalue weighted by atomic mass is 10.2. The van der Waals surface area contributed by atoms with Crippen LogP contribution in [0.2, 0.25) is 5.02 Å². The zero-order chi connectivity index (χ0) is 14.1. The van der Waals surface area contributed by atoms with Crippen molar-refractivity contribution in [2.24, 2.45) is 0 Å². The Labute approximate surface area is 125 Å². The molecule has 3 rings (SSSR count). The van der Waals surface area contributed by atoms with Crippen LogP contribution in [0, 0.1) is 4.77 Å². The summed E-state index contributed by atoms with van der Waals surface area (Å²) in [4.78, 5) is 15.6. The van der Waals surface area contributed by atoms with E-state index in [0.29, 0.717) is 21.7 Å². The minimum atomic E-state index is -0.107. The Hall–Kier alpha value is -1.91. The van der Waals surface area contributed by atoms with E-state index in [1.165, 1.54) is 4.57 Å². The zero-order valence-electron chi connectivity index (χ0n) is 10.5. The molecule has 0 saturated heterocycles. The summed E-state index contributed by atoms with van der Waals surface area (Å²) < 4.78 is 1.92. The topological polar surface area (TPSA) is 37.8 Å². The number of halogens is 1. The molecule has 0 bridgehead atoms. The van der Waals surface area contributed by atoms with Crippen molar-refractivity contribution in [3.63, 3.8) is 0 Å². The largest absolute Gasteiger partial charge is 0.332 e. The highest BCUT2D eigenvalue weighted by molar-refractivity contribution is 7.71. The van der Waals surface area contributed by atoms with Gasteiger partial charge in [-0.2, -0.15) is 0 Å². The normalized spacial score (nSPS) is 10.8. The van der Waals surface area contributed by atoms with Gasteiger partial charge in [-0.1, -0.05) is 41.9 Å². The van der Waals surface area contributed by atoms with Gasteiger partial charge in [-0.15, -0.1) is 0 Å². The van der Waals surface area contributed by atoms with Crippen molar-refractivity contribution < 1.29 is 0 Å². The maximum atomic E-state index is 12.5. The Bertz CT molecular complexity index is 898. The van der Waals surface area contributed by atoms with E-state index >= 15 is 0 Å². The number of nitrogens with zero attached hydrogens (tertiary/aromatic N) is 1. The molecule has 2 aromatic carbocycles. The lowest BCUT2D eigenvalue weighted by Gasteiger charge is -2.09. The Morgan fingerprint density at radius 3 is 2.60 bits per heavy atom. The summed E-state index contributed by atoms with van der Waals surface area (Å²) in [5.74, 6) is 0. The van der Waals surface area contributed by atoms with Crippen LogP contribution in [0.4, 0.5) is 0 Å². The molecular formula is C15H11ClN2OS. The third-order valence-corrected chi connectivity index (χ3v) is 3.87. The van der Waals surface area contributed by atoms with Gasteiger partial charge < -0.3 is 4.98 Å². The molecule has 1 aromatic heterocycles. The lowest BCUT2D eigenvalue weighted by molar-refractivity contribution is 0.734. The minimum Gasteiger partial charge on any atom is -0.332 e. The van der Waals surface area contributed by atoms with E-state index in [9.17, 15) is 4.79 Å². The van der Waals surface area contributed by atoms with Crippen LogP contribution in [0.25, 0.3) is 10.9 Å². The molecular weight excluding hydrogens is 292 g/mol. The second-order valence-corrected chi connectivity index (χ2v) is 5.25. The van der Waals surface area contributed by atoms with Crippen molar-refractivity contribution in [1.29, 1.82) is 0 Å². The van der Waals surface area contributed by atoms with E-state index in [0.717, 1.165) is 11.1 Å². The number of nitrogens with one attached hydrogen (secondary N) is 1. The summed E-state index contributed by atoms with van der Waals surface area (Å²) in [5, 5.41) is 1.25. The third kappa shape index (κ3) is 2.28. The van der Waals surface area contributed by atoms with Crippen LogP contribution in [-0.2, 0) is 6.54 Å². The first kappa shape index (κ1) is 13.1. The molecule has 0 atom stereocenters. The van der Waals surface area contributed by atoms with Crippen LogP contribution in [0.3, 0.4) is 0 Å². The second kappa shape index (κ2) is 5.23. The maximum absolute atomic E-state index is 12.5. The highest BCUT2D eigenvalue weighted by Gasteiger charge is 2.07. The van der Waals surface area contributed by atoms with E-state index in [-0.39, 0.29) is 5.56 Å². The Balaban J connectivity index is 2.20. The van der Waals surface area contributed by atoms with E-state index < -0.39 is 0 Å². The Kier molecular flexibility index (Phi) is 3.42. The fraction of sp³-hybridized carbons (Fsp3) is 0.0667. The van der Waals surface area contributed by atoms with Gasteiger partial charge in [-0.25, -0.2) is 0 Å². The molecule has 0 amide bonds. The molecule has 0 radical (unpaired) electrons. The molecule has 1 heterocycles. The van der Waals surface area contributed by atoms with Crippen LogP contribution in [-0.4, -0.2) is 9.55 Å². The predicted octanol–water partition coefficient (Wildman–Crippen LogP) is 3.76. The van der Waals surface area contributed by atoms with Gasteiger partial charge in [0.2, 0.25) is 0 Å². The molecule has 0 unspecified atom stereocenters. The fourth-order valence-corrected chi connectivity index (χ4v) is 2.59. The summed E-state index contributed by atoms with van der Waals surface area (Å²) in [5.41, 5.74) is 1.51. The Morgan fingerprint density at radius 2 is 1.80 bits per heavy atom. The van der Waals surface area contributed by atoms with Gasteiger partial charge in [-0.05, 0) is 36.0 Å². The van der Waals surface area contributed by atoms with Crippen molar-refractivity contribution in [3.05, 3.63) is 74.2 Å². The first-order chi connectivity index (χ1) is 9.66. The lowest BCUT2D eigenvalue weighted by Crippen LogP contribution is -2.22. The molecule has 0 fully saturated rings. The highest BCUT2D eigenvalue weighted by Crippen LogP contribution is 2.16. The number of benzene rings is 2. The average molecular weight is 303 g/mol. The van der Waals surface area contributed by atoms with Crippen LogP contribution in [0.15, 0.2) is 53.3 Å². The average Bonchev–Trinajstić information content (AvgIpc) is 2.45. The van der Waals surface area contributed by atoms with Gasteiger partial charge in [0, 0.05) is 5.02 Å². The highest BCUT2D eigenvalue weighted by atomic mass is 35.5. The SMILES string of the molecule is O=c1c2ccccc2[nH]c(=S)n1Cc1ccccc1Cl. The van der Waals surface area contributed by atoms with Gasteiger partial charge in [0.25, 0.3) is 5.56 Å². The molecule has 3 nitrogen and oxygen atoms in total. The number of hydrogen-bond acceptors (Lipinski definition) is 2. The molecule has 0 aliphatic heterocycles. The summed E-state index contributed by atoms with van der Waals surface area (Å²) in [7, 11) is 0. The molecule has 0 aliphatic rings. The molecule has 100 valence electrons. The standard InChI is InChI=1S/C15H11ClN2OS/c16-12-7-3-1-5-10(12)9-18-14(19)11-6-2-4-8-13(11)17-15(18)20/h1-8H,9H2,(H,17,20). The molecule has 1 N–H and O–H groups in total. The number of rotatable bonds is 2. The summed E-state index contributed by atoms with van der Waals surface area (Å²) >= 11 is 11.4. The van der Waals surface area contributed by atoms with Gasteiger partial charge in [0.05, 0.1) is 17.4 Å². The summed E-state index contributed by atoms with van der Waals surface area (Å²) in [6, 6.07) is 14.8. The number of aromatic nitrogens is 2. The monoisotopic (exact) mass is 302 g/mol. The van der Waals surface area contributed by atoms with Gasteiger partial charge in [0.15, 0.2) is 4.77 Å². The Morgan fingerprint density at radius 1 is 1.10 bits per heavy atom. The molecule has 0 saturated carbocycles. The number of aromatic amines is 1. The maximum Gasteiger partial charge on any atom is 0.262 e. The van der Waals surface area contributed by atoms with Crippen molar-refractivity contribution in [1.82, 2.24) is 9.55 Å². The quantitative estimate of drug-likeness (QED) is 0.732. The number of H-pyrrole nitrogens is 1. The number of fused-ring (bicyclic) bond motifs is 1. The molecule has 3 aromatic rings. The van der Waals surface area contributed by atoms with Crippen LogP contribution in [0.1, 0.15) is 5.56 Å². The number of hydrogen-bond donors (Lipinski definition) is 1. The molecule has 0 spiro atoms. The van der Waals surface area contributed by atoms with Gasteiger partial charge in [0.1, 0.15) is 0 Å². The van der Waals surface area contributed by atoms with Crippen LogP contribution in [0.5, 0.6) is 0 Å². The fourth-order valence-electron chi connectivity index (χ4n) is 2.14. The minimum absolute atomic E-state index is 0.107. The predicted molar refractivity (Wildman–Crippen MR) is 83.9 cm³/mol. The van der Waals surface area contributed by atoms with E-state index in [4.69, 9.17) is 23.8 Å². The molecule has 5 heteroatoms. The molecule has 0 aliphatic carbocycles. The zero-order valence-corrected chi connectivity index (χ0v) is 12.0. The van der Waals surface area contributed by atoms with Crippen molar-refractivity contribution in [3.8, 4) is 0 Å². The van der Waals surface area contributed by atoms with E-state index in [2.05, 4.69) is 4.98 Å². The summed E-state index contributed by atoms with van der Waals surface area (Å²) in [6.45, 7) is 0.360. The first-order valence-electron chi connectivity index (χ1n) is 6.12. The van der Waals surface area contributed by atoms with Crippen LogP contribution < -0.4 is 5.56 Å². The van der Waals surface area contributed by atoms with Gasteiger partial charge >= 0.3 is 0 Å². The van der Waals surface area contributed by atoms with E-state index in [1.807, 2.05) is 36.4 Å². The third-order valence-electron chi connectivity index (χ3n) is 3.18. The van der Waals surface area contributed by atoms with Crippen molar-refractivity contribution in [2.75, 3.05) is 0 Å². The summed E-state index contributed by atoms with van der Waals surface area (Å²) in [6.07, 6.45) is 0. The smallest absolute Gasteiger partial charge is 0.262 e. The van der Waals surface area contributed by atoms with Crippen molar-refractivity contribution in [2.45, 2.75) is 6.54 Å². The number of para-hydroxylation sites is 1. The van der Waals surface area contributed by atoms with Crippen LogP contribution >= 0.6 is 23.8 Å². The molecule has 20 heavy (non-hydrogen) atoms. The van der Waals surface area contributed by atoms with Gasteiger partial charge in [-0.3, -0.25) is 9.36 Å². The van der Waals surface area contributed by atoms with E-state index in [1.54, 1.807) is 12.1 Å².